The molecule has 14 heteroatoms. The first kappa shape index (κ1) is 49.6. The number of aryl methyl sites for hydroxylation is 3. The van der Waals surface area contributed by atoms with Gasteiger partial charge in [-0.15, -0.1) is 40.5 Å². The number of carbonyl (C=O) groups is 1. The third-order valence-electron chi connectivity index (χ3n) is 9.49. The largest absolute Gasteiger partial charge is 0.512 e. The van der Waals surface area contributed by atoms with Gasteiger partial charge in [-0.3, -0.25) is 9.78 Å². The summed E-state index contributed by atoms with van der Waals surface area (Å²) in [5, 5.41) is 10.5. The number of benzene rings is 3. The van der Waals surface area contributed by atoms with Gasteiger partial charge in [-0.1, -0.05) is 96.7 Å². The molecule has 5 aromatic rings. The van der Waals surface area contributed by atoms with E-state index in [1.54, 1.807) is 6.92 Å². The monoisotopic (exact) mass is 1030 g/mol. The summed E-state index contributed by atoms with van der Waals surface area (Å²) in [5.41, 5.74) is 4.84. The molecule has 0 fully saturated rings. The van der Waals surface area contributed by atoms with Crippen LogP contribution in [0, 0.1) is 38.2 Å². The molecule has 1 radical (unpaired) electrons. The Morgan fingerprint density at radius 1 is 0.864 bits per heavy atom. The molecule has 0 spiro atoms. The van der Waals surface area contributed by atoms with Crippen molar-refractivity contribution < 1.29 is 69.5 Å². The number of ketones is 1. The number of thiophene rings is 1. The van der Waals surface area contributed by atoms with E-state index in [-0.39, 0.29) is 47.1 Å². The number of aliphatic hydroxyl groups excluding tert-OH is 1. The van der Waals surface area contributed by atoms with Gasteiger partial charge in [-0.2, -0.15) is 39.5 Å². The molecule has 0 unspecified atom stereocenters. The van der Waals surface area contributed by atoms with Crippen LogP contribution in [-0.4, -0.2) is 34.4 Å². The third-order valence-corrected chi connectivity index (χ3v) is 10.8. The van der Waals surface area contributed by atoms with Crippen molar-refractivity contribution in [2.24, 2.45) is 11.3 Å². The van der Waals surface area contributed by atoms with Crippen LogP contribution >= 0.6 is 11.3 Å². The molecule has 5 rings (SSSR count). The quantitative estimate of drug-likeness (QED) is 0.0798. The van der Waals surface area contributed by atoms with E-state index < -0.39 is 47.5 Å². The second kappa shape index (κ2) is 17.7. The zero-order valence-corrected chi connectivity index (χ0v) is 37.7. The summed E-state index contributed by atoms with van der Waals surface area (Å²) in [4.78, 5) is 15.2. The first-order valence-corrected chi connectivity index (χ1v) is 19.3. The molecule has 2 heterocycles. The van der Waals surface area contributed by atoms with Crippen LogP contribution < -0.4 is 0 Å². The Labute approximate surface area is 356 Å². The number of nitrogens with zero attached hydrogens (tertiary/aromatic N) is 1. The number of halogens is 9. The molecule has 59 heavy (non-hydrogen) atoms. The van der Waals surface area contributed by atoms with E-state index in [4.69, 9.17) is 5.11 Å². The Kier molecular flexibility index (Phi) is 14.9. The van der Waals surface area contributed by atoms with E-state index in [0.29, 0.717) is 21.7 Å². The van der Waals surface area contributed by atoms with E-state index >= 15 is 0 Å². The average Bonchev–Trinajstić information content (AvgIpc) is 3.37. The molecular weight excluding hydrogens is 982 g/mol. The molecule has 0 aliphatic carbocycles. The maximum Gasteiger partial charge on any atom is 0.454 e. The topological polar surface area (TPSA) is 50.2 Å². The molecule has 2 aromatic heterocycles. The van der Waals surface area contributed by atoms with Crippen LogP contribution in [0.4, 0.5) is 39.5 Å². The molecule has 0 atom stereocenters. The maximum atomic E-state index is 14.2. The minimum atomic E-state index is -5.56. The molecule has 0 bridgehead atoms. The molecule has 0 saturated heterocycles. The standard InChI is InChI=1S/C38H38F6NS.C7H9F3O2.Ir/c1-20-14-23(18-35(4,5)6)15-21(2)29(20)32-22(3)30-27(34(37(39,40)41)38(42,43)44)19-45-31(33(30)46-32)25-16-24-12-10-11-13-26(24)28(17-25)36(7,8)9;1-4(2)5(11)3-6(12)7(8,9)10;/h10-15,17,19,34H,18H2,1-9H3;3-4,11H,1-2H3;/q-1;;/b;5-3-;. The van der Waals surface area contributed by atoms with Crippen molar-refractivity contribution in [3.63, 3.8) is 0 Å². The molecule has 0 amide bonds. The Balaban J connectivity index is 0.000000622. The van der Waals surface area contributed by atoms with Crippen LogP contribution in [0.3, 0.4) is 0 Å². The Morgan fingerprint density at radius 3 is 1.88 bits per heavy atom. The number of aliphatic hydroxyl groups is 1. The van der Waals surface area contributed by atoms with E-state index in [1.165, 1.54) is 25.2 Å². The second-order valence-electron chi connectivity index (χ2n) is 17.2. The van der Waals surface area contributed by atoms with Gasteiger partial charge in [-0.05, 0) is 76.8 Å². The Hall–Kier alpha value is -3.74. The summed E-state index contributed by atoms with van der Waals surface area (Å²) in [7, 11) is 0. The summed E-state index contributed by atoms with van der Waals surface area (Å²) in [6.45, 7) is 21.1. The molecule has 0 saturated carbocycles. The van der Waals surface area contributed by atoms with Crippen LogP contribution in [0.25, 0.3) is 42.6 Å². The van der Waals surface area contributed by atoms with Gasteiger partial charge in [0.2, 0.25) is 0 Å². The Bertz CT molecular complexity index is 2320. The first-order chi connectivity index (χ1) is 26.3. The summed E-state index contributed by atoms with van der Waals surface area (Å²) < 4.78 is 120. The van der Waals surface area contributed by atoms with Crippen molar-refractivity contribution in [3.05, 3.63) is 99.9 Å². The van der Waals surface area contributed by atoms with Gasteiger partial charge in [0.15, 0.2) is 5.92 Å². The normalized spacial score (nSPS) is 13.2. The summed E-state index contributed by atoms with van der Waals surface area (Å²) in [5.74, 6) is -6.74. The van der Waals surface area contributed by atoms with Crippen LogP contribution in [0.1, 0.15) is 94.7 Å². The SMILES string of the molecule is CC(C)/C(O)=C/C(=O)C(F)(F)F.Cc1cc(CC(C)(C)C)cc(C)c1-c1sc2c(-c3[c-]c4ccccc4c(C(C)(C)C)c3)ncc(C(C(F)(F)F)C(F)(F)F)c2c1C.[Ir]. The smallest absolute Gasteiger partial charge is 0.454 e. The first-order valence-electron chi connectivity index (χ1n) is 18.5. The number of pyridine rings is 1. The predicted octanol–water partition coefficient (Wildman–Crippen LogP) is 14.8. The van der Waals surface area contributed by atoms with Gasteiger partial charge < -0.3 is 5.11 Å². The number of allylic oxidation sites excluding steroid dienone is 2. The van der Waals surface area contributed by atoms with Crippen LogP contribution in [-0.2, 0) is 36.7 Å². The zero-order chi connectivity index (χ0) is 44.1. The summed E-state index contributed by atoms with van der Waals surface area (Å²) in [6, 6.07) is 17.1. The van der Waals surface area contributed by atoms with Gasteiger partial charge in [-0.25, -0.2) is 0 Å². The number of hydrogen-bond acceptors (Lipinski definition) is 4. The summed E-state index contributed by atoms with van der Waals surface area (Å²) in [6.07, 6.45) is -14.2. The number of rotatable bonds is 6. The number of aromatic nitrogens is 1. The number of carbonyl (C=O) groups excluding carboxylic acids is 1. The van der Waals surface area contributed by atoms with Crippen LogP contribution in [0.5, 0.6) is 0 Å². The van der Waals surface area contributed by atoms with Crippen molar-refractivity contribution in [2.45, 2.75) is 112 Å². The molecule has 1 N–H and O–H groups in total. The fourth-order valence-corrected chi connectivity index (χ4v) is 8.48. The van der Waals surface area contributed by atoms with Crippen molar-refractivity contribution in [2.75, 3.05) is 0 Å². The van der Waals surface area contributed by atoms with Crippen LogP contribution in [0.15, 0.2) is 60.5 Å². The van der Waals surface area contributed by atoms with E-state index in [1.807, 2.05) is 44.2 Å². The molecule has 0 aliphatic heterocycles. The molecule has 323 valence electrons. The van der Waals surface area contributed by atoms with E-state index in [2.05, 4.69) is 64.7 Å². The molecule has 3 nitrogen and oxygen atoms in total. The second-order valence-corrected chi connectivity index (χ2v) is 18.2. The van der Waals surface area contributed by atoms with Gasteiger partial charge in [0.1, 0.15) is 0 Å². The minimum absolute atomic E-state index is 0. The third kappa shape index (κ3) is 11.6. The van der Waals surface area contributed by atoms with Gasteiger partial charge in [0.25, 0.3) is 5.78 Å². The number of alkyl halides is 9. The van der Waals surface area contributed by atoms with Gasteiger partial charge in [0, 0.05) is 53.6 Å². The Morgan fingerprint density at radius 2 is 1.41 bits per heavy atom. The van der Waals surface area contributed by atoms with Crippen molar-refractivity contribution in [3.8, 4) is 21.7 Å². The number of fused-ring (bicyclic) bond motifs is 2. The zero-order valence-electron chi connectivity index (χ0n) is 34.5. The van der Waals surface area contributed by atoms with Crippen LogP contribution in [0.2, 0.25) is 0 Å². The fourth-order valence-electron chi connectivity index (χ4n) is 6.96. The average molecular weight is 1030 g/mol. The molecular formula is C45H47F9IrNO2S-. The summed E-state index contributed by atoms with van der Waals surface area (Å²) >= 11 is 1.20. The predicted molar refractivity (Wildman–Crippen MR) is 214 cm³/mol. The fraction of sp³-hybridized carbons (Fsp3) is 0.422. The van der Waals surface area contributed by atoms with Gasteiger partial charge in [0.05, 0.1) is 5.76 Å². The molecule has 3 aromatic carbocycles. The van der Waals surface area contributed by atoms with E-state index in [0.717, 1.165) is 51.2 Å². The number of hydrogen-bond donors (Lipinski definition) is 1. The van der Waals surface area contributed by atoms with E-state index in [9.17, 15) is 44.3 Å². The van der Waals surface area contributed by atoms with Crippen molar-refractivity contribution in [1.29, 1.82) is 0 Å². The maximum absolute atomic E-state index is 14.2. The van der Waals surface area contributed by atoms with Crippen molar-refractivity contribution >= 4 is 38.0 Å². The van der Waals surface area contributed by atoms with Gasteiger partial charge >= 0.3 is 18.5 Å². The van der Waals surface area contributed by atoms with Crippen molar-refractivity contribution in [1.82, 2.24) is 4.98 Å². The molecule has 0 aliphatic rings. The minimum Gasteiger partial charge on any atom is -0.512 e.